The van der Waals surface area contributed by atoms with Crippen molar-refractivity contribution in [3.05, 3.63) is 107 Å². The van der Waals surface area contributed by atoms with Crippen molar-refractivity contribution in [1.82, 2.24) is 20.3 Å². The summed E-state index contributed by atoms with van der Waals surface area (Å²) in [7, 11) is 0. The Labute approximate surface area is 194 Å². The van der Waals surface area contributed by atoms with Crippen LogP contribution in [0, 0.1) is 6.92 Å². The quantitative estimate of drug-likeness (QED) is 0.356. The fourth-order valence-electron chi connectivity index (χ4n) is 3.52. The second-order valence-electron chi connectivity index (χ2n) is 7.65. The number of aryl methyl sites for hydroxylation is 1. The average Bonchev–Trinajstić information content (AvgIpc) is 3.49. The van der Waals surface area contributed by atoms with Gasteiger partial charge in [0.2, 0.25) is 5.76 Å². The molecule has 0 saturated heterocycles. The molecule has 0 spiro atoms. The summed E-state index contributed by atoms with van der Waals surface area (Å²) in [5.41, 5.74) is 4.37. The zero-order valence-electron chi connectivity index (χ0n) is 18.1. The van der Waals surface area contributed by atoms with Crippen LogP contribution in [0.25, 0.3) is 23.1 Å². The maximum absolute atomic E-state index is 13.1. The van der Waals surface area contributed by atoms with E-state index in [1.165, 1.54) is 0 Å². The van der Waals surface area contributed by atoms with Gasteiger partial charge in [-0.1, -0.05) is 29.4 Å². The lowest BCUT2D eigenvalue weighted by atomic mass is 10.0. The number of fused-ring (bicyclic) bond motifs is 1. The Kier molecular flexibility index (Phi) is 5.53. The van der Waals surface area contributed by atoms with E-state index in [-0.39, 0.29) is 11.5 Å². The van der Waals surface area contributed by atoms with Crippen LogP contribution in [-0.2, 0) is 0 Å². The van der Waals surface area contributed by atoms with Gasteiger partial charge in [0, 0.05) is 34.5 Å². The van der Waals surface area contributed by atoms with Crippen molar-refractivity contribution >= 4 is 40.4 Å². The number of hydrogen-bond acceptors (Lipinski definition) is 6. The number of anilines is 1. The molecule has 0 aliphatic carbocycles. The summed E-state index contributed by atoms with van der Waals surface area (Å²) in [5.74, 6) is -0.504. The first kappa shape index (κ1) is 21.0. The van der Waals surface area contributed by atoms with Gasteiger partial charge in [-0.15, -0.1) is 0 Å². The highest BCUT2D eigenvalue weighted by molar-refractivity contribution is 6.11. The summed E-state index contributed by atoms with van der Waals surface area (Å²) >= 11 is 0. The molecule has 8 heteroatoms. The maximum Gasteiger partial charge on any atom is 0.294 e. The first-order chi connectivity index (χ1) is 16.6. The van der Waals surface area contributed by atoms with Gasteiger partial charge in [-0.05, 0) is 55.5 Å². The van der Waals surface area contributed by atoms with Gasteiger partial charge in [0.05, 0.1) is 22.6 Å². The topological polar surface area (TPSA) is 114 Å². The molecule has 0 radical (unpaired) electrons. The largest absolute Gasteiger partial charge is 0.351 e. The van der Waals surface area contributed by atoms with Crippen LogP contribution in [0.1, 0.15) is 43.6 Å². The third kappa shape index (κ3) is 4.37. The Hall–Kier alpha value is -4.85. The summed E-state index contributed by atoms with van der Waals surface area (Å²) in [6.45, 7) is 1.73. The lowest BCUT2D eigenvalue weighted by Crippen LogP contribution is -2.11. The molecule has 5 aromatic rings. The average molecular weight is 449 g/mol. The van der Waals surface area contributed by atoms with Crippen LogP contribution in [0.5, 0.6) is 0 Å². The maximum atomic E-state index is 13.1. The third-order valence-corrected chi connectivity index (χ3v) is 5.19. The highest BCUT2D eigenvalue weighted by Gasteiger charge is 2.15. The summed E-state index contributed by atoms with van der Waals surface area (Å²) in [6.07, 6.45) is 5.50. The molecule has 0 aliphatic rings. The number of amides is 1. The molecule has 34 heavy (non-hydrogen) atoms. The SMILES string of the molecule is Cc1cc(C(=O)Nc2cccc(C(=O)c3ccc4c(C=Cc5ccccn5)n[nH]c4c3)c2)on1. The summed E-state index contributed by atoms with van der Waals surface area (Å²) in [5, 5.41) is 14.7. The van der Waals surface area contributed by atoms with E-state index >= 15 is 0 Å². The van der Waals surface area contributed by atoms with Crippen molar-refractivity contribution < 1.29 is 14.1 Å². The summed E-state index contributed by atoms with van der Waals surface area (Å²) < 4.78 is 4.98. The highest BCUT2D eigenvalue weighted by Crippen LogP contribution is 2.22. The standard InChI is InChI=1S/C26H19N5O3/c1-16-13-24(34-31-16)26(33)28-20-7-4-5-17(14-20)25(32)18-8-10-21-22(29-30-23(21)15-18)11-9-19-6-2-3-12-27-19/h2-15H,1H3,(H,28,33)(H,29,30). The van der Waals surface area contributed by atoms with Gasteiger partial charge in [0.15, 0.2) is 5.78 Å². The number of benzene rings is 2. The minimum absolute atomic E-state index is 0.104. The summed E-state index contributed by atoms with van der Waals surface area (Å²) in [4.78, 5) is 29.7. The number of ketones is 1. The van der Waals surface area contributed by atoms with Crippen LogP contribution in [-0.4, -0.2) is 32.0 Å². The molecule has 0 saturated carbocycles. The van der Waals surface area contributed by atoms with Crippen molar-refractivity contribution in [3.8, 4) is 0 Å². The fourth-order valence-corrected chi connectivity index (χ4v) is 3.52. The van der Waals surface area contributed by atoms with E-state index in [0.717, 1.165) is 22.3 Å². The zero-order valence-corrected chi connectivity index (χ0v) is 18.1. The van der Waals surface area contributed by atoms with Gasteiger partial charge in [0.25, 0.3) is 5.91 Å². The molecule has 0 aliphatic heterocycles. The molecule has 1 amide bonds. The smallest absolute Gasteiger partial charge is 0.294 e. The Balaban J connectivity index is 1.36. The van der Waals surface area contributed by atoms with Crippen molar-refractivity contribution in [1.29, 1.82) is 0 Å². The molecule has 2 aromatic carbocycles. The number of aromatic amines is 1. The number of hydrogen-bond donors (Lipinski definition) is 2. The second kappa shape index (κ2) is 8.95. The van der Waals surface area contributed by atoms with E-state index in [9.17, 15) is 9.59 Å². The van der Waals surface area contributed by atoms with E-state index in [1.807, 2.05) is 36.4 Å². The van der Waals surface area contributed by atoms with E-state index in [1.54, 1.807) is 55.6 Å². The molecular formula is C26H19N5O3. The lowest BCUT2D eigenvalue weighted by Gasteiger charge is -2.06. The van der Waals surface area contributed by atoms with Crippen LogP contribution in [0.15, 0.2) is 77.4 Å². The van der Waals surface area contributed by atoms with E-state index in [0.29, 0.717) is 22.5 Å². The normalized spacial score (nSPS) is 11.2. The van der Waals surface area contributed by atoms with Gasteiger partial charge in [-0.2, -0.15) is 5.10 Å². The molecular weight excluding hydrogens is 430 g/mol. The summed E-state index contributed by atoms with van der Waals surface area (Å²) in [6, 6.07) is 19.4. The van der Waals surface area contributed by atoms with Gasteiger partial charge in [0.1, 0.15) is 0 Å². The number of rotatable bonds is 6. The molecule has 0 atom stereocenters. The van der Waals surface area contributed by atoms with Crippen LogP contribution >= 0.6 is 0 Å². The first-order valence-corrected chi connectivity index (χ1v) is 10.5. The monoisotopic (exact) mass is 449 g/mol. The number of carbonyl (C=O) groups excluding carboxylic acids is 2. The van der Waals surface area contributed by atoms with Gasteiger partial charge < -0.3 is 9.84 Å². The van der Waals surface area contributed by atoms with Crippen molar-refractivity contribution in [3.63, 3.8) is 0 Å². The second-order valence-corrected chi connectivity index (χ2v) is 7.65. The first-order valence-electron chi connectivity index (χ1n) is 10.5. The van der Waals surface area contributed by atoms with Crippen molar-refractivity contribution in [2.75, 3.05) is 5.32 Å². The Morgan fingerprint density at radius 2 is 1.85 bits per heavy atom. The number of nitrogens with zero attached hydrogens (tertiary/aromatic N) is 3. The predicted octanol–water partition coefficient (Wildman–Crippen LogP) is 4.91. The minimum Gasteiger partial charge on any atom is -0.351 e. The number of pyridine rings is 1. The number of H-pyrrole nitrogens is 1. The van der Waals surface area contributed by atoms with Gasteiger partial charge in [-0.3, -0.25) is 19.7 Å². The van der Waals surface area contributed by atoms with Crippen LogP contribution in [0.3, 0.4) is 0 Å². The van der Waals surface area contributed by atoms with Crippen LogP contribution < -0.4 is 5.32 Å². The van der Waals surface area contributed by atoms with E-state index in [2.05, 4.69) is 25.7 Å². The molecule has 0 bridgehead atoms. The molecule has 3 aromatic heterocycles. The molecule has 5 rings (SSSR count). The Morgan fingerprint density at radius 3 is 2.65 bits per heavy atom. The number of carbonyl (C=O) groups is 2. The molecule has 2 N–H and O–H groups in total. The fraction of sp³-hybridized carbons (Fsp3) is 0.0385. The van der Waals surface area contributed by atoms with Gasteiger partial charge >= 0.3 is 0 Å². The Bertz CT molecular complexity index is 1530. The van der Waals surface area contributed by atoms with Crippen LogP contribution in [0.2, 0.25) is 0 Å². The Morgan fingerprint density at radius 1 is 0.971 bits per heavy atom. The van der Waals surface area contributed by atoms with Crippen LogP contribution in [0.4, 0.5) is 5.69 Å². The molecule has 166 valence electrons. The van der Waals surface area contributed by atoms with E-state index in [4.69, 9.17) is 4.52 Å². The van der Waals surface area contributed by atoms with Crippen molar-refractivity contribution in [2.45, 2.75) is 6.92 Å². The number of aromatic nitrogens is 4. The molecule has 8 nitrogen and oxygen atoms in total. The minimum atomic E-state index is -0.435. The number of nitrogens with one attached hydrogen (secondary N) is 2. The zero-order chi connectivity index (χ0) is 23.5. The van der Waals surface area contributed by atoms with Crippen molar-refractivity contribution in [2.24, 2.45) is 0 Å². The molecule has 3 heterocycles. The molecule has 0 fully saturated rings. The third-order valence-electron chi connectivity index (χ3n) is 5.19. The lowest BCUT2D eigenvalue weighted by molar-refractivity contribution is 0.0986. The van der Waals surface area contributed by atoms with E-state index < -0.39 is 5.91 Å². The molecule has 0 unspecified atom stereocenters. The van der Waals surface area contributed by atoms with Gasteiger partial charge in [-0.25, -0.2) is 0 Å². The highest BCUT2D eigenvalue weighted by atomic mass is 16.5. The predicted molar refractivity (Wildman–Crippen MR) is 128 cm³/mol.